The number of rotatable bonds is 19. The first-order valence-electron chi connectivity index (χ1n) is 8.83. The predicted octanol–water partition coefficient (Wildman–Crippen LogP) is 2.81. The molecule has 0 aliphatic rings. The summed E-state index contributed by atoms with van der Waals surface area (Å²) in [7, 11) is 0. The molecule has 0 aliphatic carbocycles. The fraction of sp³-hybridized carbons (Fsp3) is 0.941. The van der Waals surface area contributed by atoms with Crippen molar-refractivity contribution in [2.45, 2.75) is 39.0 Å². The Morgan fingerprint density at radius 2 is 1.21 bits per heavy atom. The lowest BCUT2D eigenvalue weighted by Gasteiger charge is -2.07. The molecular weight excluding hydrogens is 336 g/mol. The smallest absolute Gasteiger partial charge is 0.308 e. The minimum Gasteiger partial charge on any atom is -0.466 e. The Morgan fingerprint density at radius 1 is 0.708 bits per heavy atom. The quantitative estimate of drug-likeness (QED) is 0.198. The highest BCUT2D eigenvalue weighted by Gasteiger charge is 2.00. The molecule has 0 amide bonds. The highest BCUT2D eigenvalue weighted by molar-refractivity contribution is 6.17. The van der Waals surface area contributed by atoms with Crippen LogP contribution in [0.15, 0.2) is 0 Å². The van der Waals surface area contributed by atoms with E-state index in [9.17, 15) is 4.79 Å². The van der Waals surface area contributed by atoms with Crippen LogP contribution in [-0.2, 0) is 28.5 Å². The van der Waals surface area contributed by atoms with Gasteiger partial charge < -0.3 is 23.7 Å². The summed E-state index contributed by atoms with van der Waals surface area (Å²) in [5, 5.41) is 0. The number of hydrogen-bond acceptors (Lipinski definition) is 6. The molecule has 24 heavy (non-hydrogen) atoms. The van der Waals surface area contributed by atoms with E-state index >= 15 is 0 Å². The Balaban J connectivity index is 3.01. The molecule has 6 nitrogen and oxygen atoms in total. The van der Waals surface area contributed by atoms with Crippen LogP contribution < -0.4 is 0 Å². The summed E-state index contributed by atoms with van der Waals surface area (Å²) < 4.78 is 26.3. The third-order valence-corrected chi connectivity index (χ3v) is 3.31. The second-order valence-electron chi connectivity index (χ2n) is 5.11. The fourth-order valence-corrected chi connectivity index (χ4v) is 1.99. The Morgan fingerprint density at radius 3 is 1.75 bits per heavy atom. The maximum Gasteiger partial charge on any atom is 0.308 e. The molecule has 0 saturated carbocycles. The summed E-state index contributed by atoms with van der Waals surface area (Å²) in [5.74, 6) is 0.514. The van der Waals surface area contributed by atoms with Crippen molar-refractivity contribution in [1.82, 2.24) is 0 Å². The molecule has 0 bridgehead atoms. The Hall–Kier alpha value is -0.400. The fourth-order valence-electron chi connectivity index (χ4n) is 1.80. The van der Waals surface area contributed by atoms with Crippen molar-refractivity contribution in [2.24, 2.45) is 0 Å². The van der Waals surface area contributed by atoms with Gasteiger partial charge in [0.05, 0.1) is 59.3 Å². The lowest BCUT2D eigenvalue weighted by atomic mass is 10.2. The maximum absolute atomic E-state index is 11.0. The van der Waals surface area contributed by atoms with Crippen LogP contribution >= 0.6 is 11.6 Å². The molecule has 0 unspecified atom stereocenters. The predicted molar refractivity (Wildman–Crippen MR) is 93.7 cm³/mol. The van der Waals surface area contributed by atoms with Crippen molar-refractivity contribution in [2.75, 3.05) is 65.3 Å². The molecule has 0 saturated heterocycles. The second kappa shape index (κ2) is 20.6. The van der Waals surface area contributed by atoms with Crippen LogP contribution in [0.5, 0.6) is 0 Å². The van der Waals surface area contributed by atoms with Crippen molar-refractivity contribution in [1.29, 1.82) is 0 Å². The first-order chi connectivity index (χ1) is 11.8. The van der Waals surface area contributed by atoms with Gasteiger partial charge in [-0.05, 0) is 19.8 Å². The third kappa shape index (κ3) is 19.6. The summed E-state index contributed by atoms with van der Waals surface area (Å²) >= 11 is 5.61. The summed E-state index contributed by atoms with van der Waals surface area (Å²) in [4.78, 5) is 11.0. The van der Waals surface area contributed by atoms with Gasteiger partial charge in [0.15, 0.2) is 0 Å². The number of esters is 1. The molecule has 7 heteroatoms. The van der Waals surface area contributed by atoms with Gasteiger partial charge in [0.1, 0.15) is 0 Å². The van der Waals surface area contributed by atoms with Crippen LogP contribution in [-0.4, -0.2) is 71.3 Å². The molecule has 0 aromatic heterocycles. The van der Waals surface area contributed by atoms with Gasteiger partial charge in [0, 0.05) is 12.5 Å². The highest BCUT2D eigenvalue weighted by atomic mass is 35.5. The zero-order chi connectivity index (χ0) is 17.7. The van der Waals surface area contributed by atoms with Crippen LogP contribution in [0.25, 0.3) is 0 Å². The topological polar surface area (TPSA) is 63.2 Å². The van der Waals surface area contributed by atoms with Gasteiger partial charge in [0.2, 0.25) is 0 Å². The van der Waals surface area contributed by atoms with Crippen LogP contribution in [0.1, 0.15) is 39.0 Å². The number of carbonyl (C=O) groups excluding carboxylic acids is 1. The van der Waals surface area contributed by atoms with E-state index < -0.39 is 0 Å². The Kier molecular flexibility index (Phi) is 20.3. The van der Waals surface area contributed by atoms with Gasteiger partial charge in [-0.3, -0.25) is 4.79 Å². The first-order valence-corrected chi connectivity index (χ1v) is 9.37. The molecule has 144 valence electrons. The third-order valence-electron chi connectivity index (χ3n) is 3.04. The summed E-state index contributed by atoms with van der Waals surface area (Å²) in [5.41, 5.74) is 0. The molecule has 0 radical (unpaired) electrons. The molecule has 0 fully saturated rings. The average Bonchev–Trinajstić information content (AvgIpc) is 2.58. The van der Waals surface area contributed by atoms with E-state index in [2.05, 4.69) is 0 Å². The van der Waals surface area contributed by atoms with Gasteiger partial charge in [-0.2, -0.15) is 0 Å². The SMILES string of the molecule is CCOC(=O)CCOCCOCCOCCOCCCCCCCl. The minimum absolute atomic E-state index is 0.232. The minimum atomic E-state index is -0.232. The number of carbonyl (C=O) groups is 1. The van der Waals surface area contributed by atoms with Crippen molar-refractivity contribution in [3.8, 4) is 0 Å². The standard InChI is InChI=1S/C17H33ClO6/c1-2-24-17(19)7-10-21-12-14-23-16-15-22-13-11-20-9-6-4-3-5-8-18/h2-16H2,1H3. The molecule has 0 rings (SSSR count). The molecule has 0 aromatic carbocycles. The van der Waals surface area contributed by atoms with Crippen LogP contribution in [0.2, 0.25) is 0 Å². The summed E-state index contributed by atoms with van der Waals surface area (Å²) in [6.45, 7) is 6.56. The molecule has 0 atom stereocenters. The van der Waals surface area contributed by atoms with Crippen molar-refractivity contribution < 1.29 is 28.5 Å². The van der Waals surface area contributed by atoms with Gasteiger partial charge in [-0.25, -0.2) is 0 Å². The van der Waals surface area contributed by atoms with E-state index in [0.717, 1.165) is 25.3 Å². The van der Waals surface area contributed by atoms with E-state index in [1.54, 1.807) is 6.92 Å². The van der Waals surface area contributed by atoms with E-state index in [-0.39, 0.29) is 12.4 Å². The maximum atomic E-state index is 11.0. The highest BCUT2D eigenvalue weighted by Crippen LogP contribution is 2.01. The zero-order valence-corrected chi connectivity index (χ0v) is 15.7. The van der Waals surface area contributed by atoms with Gasteiger partial charge in [0.25, 0.3) is 0 Å². The first kappa shape index (κ1) is 23.6. The normalized spacial score (nSPS) is 10.9. The molecular formula is C17H33ClO6. The van der Waals surface area contributed by atoms with Gasteiger partial charge in [-0.15, -0.1) is 11.6 Å². The van der Waals surface area contributed by atoms with E-state index in [0.29, 0.717) is 52.9 Å². The number of hydrogen-bond donors (Lipinski definition) is 0. The van der Waals surface area contributed by atoms with Crippen LogP contribution in [0.4, 0.5) is 0 Å². The largest absolute Gasteiger partial charge is 0.466 e. The molecule has 0 aromatic rings. The van der Waals surface area contributed by atoms with E-state index in [1.165, 1.54) is 12.8 Å². The molecule has 0 aliphatic heterocycles. The monoisotopic (exact) mass is 368 g/mol. The summed E-state index contributed by atoms with van der Waals surface area (Å²) in [6, 6.07) is 0. The van der Waals surface area contributed by atoms with Crippen molar-refractivity contribution in [3.05, 3.63) is 0 Å². The number of ether oxygens (including phenoxy) is 5. The Labute approximate surface area is 151 Å². The second-order valence-corrected chi connectivity index (χ2v) is 5.49. The molecule has 0 N–H and O–H groups in total. The summed E-state index contributed by atoms with van der Waals surface area (Å²) in [6.07, 6.45) is 4.79. The van der Waals surface area contributed by atoms with Crippen molar-refractivity contribution in [3.63, 3.8) is 0 Å². The zero-order valence-electron chi connectivity index (χ0n) is 14.9. The molecule has 0 spiro atoms. The van der Waals surface area contributed by atoms with Crippen LogP contribution in [0, 0.1) is 0 Å². The van der Waals surface area contributed by atoms with E-state index in [1.807, 2.05) is 0 Å². The van der Waals surface area contributed by atoms with Gasteiger partial charge in [-0.1, -0.05) is 12.8 Å². The van der Waals surface area contributed by atoms with E-state index in [4.69, 9.17) is 35.3 Å². The number of unbranched alkanes of at least 4 members (excludes halogenated alkanes) is 3. The lowest BCUT2D eigenvalue weighted by molar-refractivity contribution is -0.144. The van der Waals surface area contributed by atoms with Gasteiger partial charge >= 0.3 is 5.97 Å². The number of alkyl halides is 1. The average molecular weight is 369 g/mol. The molecule has 0 heterocycles. The number of halogens is 1. The Bertz CT molecular complexity index is 265. The van der Waals surface area contributed by atoms with Crippen molar-refractivity contribution >= 4 is 17.6 Å². The van der Waals surface area contributed by atoms with Crippen LogP contribution in [0.3, 0.4) is 0 Å². The lowest BCUT2D eigenvalue weighted by Crippen LogP contribution is -2.13.